The number of thiazole rings is 1. The third-order valence-electron chi connectivity index (χ3n) is 4.02. The van der Waals surface area contributed by atoms with Crippen LogP contribution in [0.5, 0.6) is 0 Å². The van der Waals surface area contributed by atoms with E-state index in [-0.39, 0.29) is 15.8 Å². The van der Waals surface area contributed by atoms with E-state index < -0.39 is 10.0 Å². The van der Waals surface area contributed by atoms with Crippen LogP contribution in [0.15, 0.2) is 46.1 Å². The lowest BCUT2D eigenvalue weighted by Crippen LogP contribution is -2.15. The quantitative estimate of drug-likeness (QED) is 0.746. The maximum atomic E-state index is 12.7. The number of aryl methyl sites for hydroxylation is 2. The molecule has 0 bridgehead atoms. The molecule has 1 N–H and O–H groups in total. The van der Waals surface area contributed by atoms with Gasteiger partial charge < -0.3 is 0 Å². The topological polar surface area (TPSA) is 68.2 Å². The van der Waals surface area contributed by atoms with Gasteiger partial charge in [0.05, 0.1) is 20.8 Å². The summed E-state index contributed by atoms with van der Waals surface area (Å²) < 4.78 is 30.5. The van der Waals surface area contributed by atoms with Crippen molar-refractivity contribution in [3.05, 3.63) is 57.2 Å². The molecule has 0 saturated carbocycles. The molecule has 3 aromatic rings. The zero-order valence-electron chi connectivity index (χ0n) is 14.5. The number of sulfonamides is 1. The van der Waals surface area contributed by atoms with Crippen LogP contribution in [0.3, 0.4) is 0 Å². The lowest BCUT2D eigenvalue weighted by molar-refractivity contribution is 0.600. The Kier molecular flexibility index (Phi) is 4.47. The first kappa shape index (κ1) is 17.7. The van der Waals surface area contributed by atoms with Gasteiger partial charge in [0.1, 0.15) is 0 Å². The summed E-state index contributed by atoms with van der Waals surface area (Å²) in [5, 5.41) is 0. The SMILES string of the molecule is Cc1ccc(C)c(S(=O)(=O)Nc2ccc3c(c2)sc(=O)n3C(C)C)c1. The van der Waals surface area contributed by atoms with Crippen LogP contribution in [0.2, 0.25) is 0 Å². The minimum absolute atomic E-state index is 0.0421. The Hall–Kier alpha value is -2.12. The molecule has 132 valence electrons. The molecule has 1 heterocycles. The van der Waals surface area contributed by atoms with Crippen LogP contribution in [0.1, 0.15) is 31.0 Å². The average molecular weight is 377 g/mol. The van der Waals surface area contributed by atoms with Crippen molar-refractivity contribution in [1.82, 2.24) is 4.57 Å². The normalized spacial score (nSPS) is 12.0. The highest BCUT2D eigenvalue weighted by Gasteiger charge is 2.18. The van der Waals surface area contributed by atoms with Crippen molar-refractivity contribution in [1.29, 1.82) is 0 Å². The number of fused-ring (bicyclic) bond motifs is 1. The number of nitrogens with zero attached hydrogens (tertiary/aromatic N) is 1. The van der Waals surface area contributed by atoms with Crippen molar-refractivity contribution in [2.75, 3.05) is 4.72 Å². The van der Waals surface area contributed by atoms with Gasteiger partial charge in [0, 0.05) is 6.04 Å². The van der Waals surface area contributed by atoms with Gasteiger partial charge in [-0.25, -0.2) is 8.42 Å². The number of hydrogen-bond donors (Lipinski definition) is 1. The van der Waals surface area contributed by atoms with Crippen molar-refractivity contribution in [3.8, 4) is 0 Å². The zero-order chi connectivity index (χ0) is 18.4. The molecule has 0 unspecified atom stereocenters. The molecule has 0 saturated heterocycles. The van der Waals surface area contributed by atoms with E-state index in [4.69, 9.17) is 0 Å². The highest BCUT2D eigenvalue weighted by Crippen LogP contribution is 2.26. The largest absolute Gasteiger partial charge is 0.308 e. The van der Waals surface area contributed by atoms with Gasteiger partial charge in [-0.15, -0.1) is 0 Å². The minimum Gasteiger partial charge on any atom is -0.296 e. The van der Waals surface area contributed by atoms with E-state index in [9.17, 15) is 13.2 Å². The van der Waals surface area contributed by atoms with Crippen molar-refractivity contribution in [2.45, 2.75) is 38.6 Å². The molecule has 1 aromatic heterocycles. The van der Waals surface area contributed by atoms with Gasteiger partial charge in [0.15, 0.2) is 0 Å². The summed E-state index contributed by atoms with van der Waals surface area (Å²) >= 11 is 1.12. The molecule has 0 amide bonds. The summed E-state index contributed by atoms with van der Waals surface area (Å²) in [6.07, 6.45) is 0. The maximum Gasteiger partial charge on any atom is 0.308 e. The second-order valence-electron chi connectivity index (χ2n) is 6.39. The summed E-state index contributed by atoms with van der Waals surface area (Å²) in [4.78, 5) is 12.3. The fourth-order valence-electron chi connectivity index (χ4n) is 2.80. The first-order chi connectivity index (χ1) is 11.7. The number of anilines is 1. The molecule has 5 nitrogen and oxygen atoms in total. The molecule has 0 radical (unpaired) electrons. The van der Waals surface area contributed by atoms with Crippen molar-refractivity contribution in [2.24, 2.45) is 0 Å². The third kappa shape index (κ3) is 3.34. The number of benzene rings is 2. The van der Waals surface area contributed by atoms with E-state index in [0.717, 1.165) is 27.1 Å². The highest BCUT2D eigenvalue weighted by molar-refractivity contribution is 7.92. The van der Waals surface area contributed by atoms with Crippen LogP contribution in [-0.2, 0) is 10.0 Å². The number of nitrogens with one attached hydrogen (secondary N) is 1. The first-order valence-electron chi connectivity index (χ1n) is 7.94. The first-order valence-corrected chi connectivity index (χ1v) is 10.2. The Balaban J connectivity index is 2.03. The lowest BCUT2D eigenvalue weighted by atomic mass is 10.2. The standard InChI is InChI=1S/C18H20N2O3S2/c1-11(2)20-15-8-7-14(10-16(15)24-18(20)21)19-25(22,23)17-9-12(3)5-6-13(17)4/h5-11,19H,1-4H3. The Morgan fingerprint density at radius 2 is 1.80 bits per heavy atom. The van der Waals surface area contributed by atoms with E-state index >= 15 is 0 Å². The maximum absolute atomic E-state index is 12.7. The molecule has 25 heavy (non-hydrogen) atoms. The van der Waals surface area contributed by atoms with Crippen LogP contribution in [0, 0.1) is 13.8 Å². The molecule has 0 fully saturated rings. The van der Waals surface area contributed by atoms with Crippen molar-refractivity contribution in [3.63, 3.8) is 0 Å². The number of aromatic nitrogens is 1. The Labute approximate surface area is 151 Å². The second-order valence-corrected chi connectivity index (χ2v) is 9.03. The van der Waals surface area contributed by atoms with Gasteiger partial charge in [0.25, 0.3) is 10.0 Å². The van der Waals surface area contributed by atoms with Crippen LogP contribution >= 0.6 is 11.3 Å². The molecule has 7 heteroatoms. The molecule has 0 spiro atoms. The van der Waals surface area contributed by atoms with E-state index in [0.29, 0.717) is 11.3 Å². The summed E-state index contributed by atoms with van der Waals surface area (Å²) in [5.41, 5.74) is 2.84. The summed E-state index contributed by atoms with van der Waals surface area (Å²) in [6.45, 7) is 7.53. The highest BCUT2D eigenvalue weighted by atomic mass is 32.2. The summed E-state index contributed by atoms with van der Waals surface area (Å²) in [6, 6.07) is 10.6. The van der Waals surface area contributed by atoms with E-state index in [2.05, 4.69) is 4.72 Å². The minimum atomic E-state index is -3.69. The molecule has 0 atom stereocenters. The number of rotatable bonds is 4. The van der Waals surface area contributed by atoms with Crippen LogP contribution < -0.4 is 9.60 Å². The lowest BCUT2D eigenvalue weighted by Gasteiger charge is -2.12. The molecule has 0 aliphatic heterocycles. The molecular weight excluding hydrogens is 356 g/mol. The van der Waals surface area contributed by atoms with Gasteiger partial charge in [0.2, 0.25) is 0 Å². The fourth-order valence-corrected chi connectivity index (χ4v) is 5.23. The molecule has 2 aromatic carbocycles. The Morgan fingerprint density at radius 1 is 1.08 bits per heavy atom. The molecular formula is C18H20N2O3S2. The van der Waals surface area contributed by atoms with Crippen LogP contribution in [0.25, 0.3) is 10.2 Å². The zero-order valence-corrected chi connectivity index (χ0v) is 16.2. The van der Waals surface area contributed by atoms with E-state index in [1.165, 1.54) is 0 Å². The molecule has 3 rings (SSSR count). The van der Waals surface area contributed by atoms with Gasteiger partial charge >= 0.3 is 4.87 Å². The Bertz CT molecular complexity index is 1110. The molecule has 0 aliphatic rings. The smallest absolute Gasteiger partial charge is 0.296 e. The van der Waals surface area contributed by atoms with Crippen molar-refractivity contribution >= 4 is 37.3 Å². The Morgan fingerprint density at radius 3 is 2.48 bits per heavy atom. The van der Waals surface area contributed by atoms with E-state index in [1.54, 1.807) is 41.8 Å². The predicted molar refractivity (Wildman–Crippen MR) is 103 cm³/mol. The third-order valence-corrected chi connectivity index (χ3v) is 6.46. The summed E-state index contributed by atoms with van der Waals surface area (Å²) in [7, 11) is -3.69. The second kappa shape index (κ2) is 6.31. The van der Waals surface area contributed by atoms with Gasteiger partial charge in [-0.3, -0.25) is 14.1 Å². The summed E-state index contributed by atoms with van der Waals surface area (Å²) in [5.74, 6) is 0. The van der Waals surface area contributed by atoms with Crippen LogP contribution in [0.4, 0.5) is 5.69 Å². The van der Waals surface area contributed by atoms with Gasteiger partial charge in [-0.05, 0) is 63.1 Å². The van der Waals surface area contributed by atoms with E-state index in [1.807, 2.05) is 26.8 Å². The predicted octanol–water partition coefficient (Wildman–Crippen LogP) is 4.06. The van der Waals surface area contributed by atoms with Crippen LogP contribution in [-0.4, -0.2) is 13.0 Å². The average Bonchev–Trinajstić information content (AvgIpc) is 2.84. The van der Waals surface area contributed by atoms with Gasteiger partial charge in [-0.1, -0.05) is 23.5 Å². The molecule has 0 aliphatic carbocycles. The van der Waals surface area contributed by atoms with Crippen molar-refractivity contribution < 1.29 is 8.42 Å². The van der Waals surface area contributed by atoms with Gasteiger partial charge in [-0.2, -0.15) is 0 Å². The monoisotopic (exact) mass is 376 g/mol. The number of hydrogen-bond acceptors (Lipinski definition) is 4. The fraction of sp³-hybridized carbons (Fsp3) is 0.278.